The van der Waals surface area contributed by atoms with Crippen LogP contribution in [0.2, 0.25) is 0 Å². The van der Waals surface area contributed by atoms with Crippen molar-refractivity contribution in [2.45, 2.75) is 13.5 Å². The minimum atomic E-state index is -0.0163. The van der Waals surface area contributed by atoms with E-state index < -0.39 is 0 Å². The fourth-order valence-corrected chi connectivity index (χ4v) is 2.79. The molecule has 0 spiro atoms. The van der Waals surface area contributed by atoms with E-state index in [4.69, 9.17) is 4.74 Å². The van der Waals surface area contributed by atoms with Crippen molar-refractivity contribution in [3.63, 3.8) is 0 Å². The van der Waals surface area contributed by atoms with Gasteiger partial charge >= 0.3 is 0 Å². The Bertz CT molecular complexity index is 897. The maximum absolute atomic E-state index is 12.9. The van der Waals surface area contributed by atoms with Gasteiger partial charge in [0.1, 0.15) is 11.6 Å². The molecule has 3 rings (SSSR count). The second-order valence-electron chi connectivity index (χ2n) is 6.09. The molecule has 1 N–H and O–H groups in total. The molecule has 1 aromatic heterocycles. The van der Waals surface area contributed by atoms with Crippen LogP contribution in [-0.2, 0) is 6.54 Å². The summed E-state index contributed by atoms with van der Waals surface area (Å²) >= 11 is 0. The number of nitrogens with one attached hydrogen (secondary N) is 1. The summed E-state index contributed by atoms with van der Waals surface area (Å²) in [5.74, 6) is 1.36. The molecule has 0 aliphatic heterocycles. The summed E-state index contributed by atoms with van der Waals surface area (Å²) in [6.45, 7) is 3.20. The van der Waals surface area contributed by atoms with E-state index in [9.17, 15) is 4.79 Å². The lowest BCUT2D eigenvalue weighted by Gasteiger charge is -2.21. The van der Waals surface area contributed by atoms with E-state index in [1.54, 1.807) is 25.4 Å². The normalized spacial score (nSPS) is 10.3. The lowest BCUT2D eigenvalue weighted by atomic mass is 10.1. The quantitative estimate of drug-likeness (QED) is 0.673. The zero-order valence-electron chi connectivity index (χ0n) is 15.6. The first-order chi connectivity index (χ1) is 13.2. The van der Waals surface area contributed by atoms with Crippen molar-refractivity contribution in [3.05, 3.63) is 84.1 Å². The number of nitrogens with zero attached hydrogens (tertiary/aromatic N) is 2. The van der Waals surface area contributed by atoms with Crippen LogP contribution in [0.15, 0.2) is 72.9 Å². The van der Waals surface area contributed by atoms with Crippen molar-refractivity contribution in [1.29, 1.82) is 0 Å². The number of hydrogen-bond acceptors (Lipinski definition) is 4. The zero-order valence-corrected chi connectivity index (χ0v) is 15.6. The van der Waals surface area contributed by atoms with Gasteiger partial charge in [0, 0.05) is 36.6 Å². The molecule has 0 atom stereocenters. The fourth-order valence-electron chi connectivity index (χ4n) is 2.79. The predicted molar refractivity (Wildman–Crippen MR) is 107 cm³/mol. The van der Waals surface area contributed by atoms with Crippen molar-refractivity contribution in [2.24, 2.45) is 0 Å². The average molecular weight is 361 g/mol. The van der Waals surface area contributed by atoms with E-state index in [0.29, 0.717) is 24.5 Å². The molecular weight excluding hydrogens is 338 g/mol. The second-order valence-corrected chi connectivity index (χ2v) is 6.09. The van der Waals surface area contributed by atoms with Gasteiger partial charge in [-0.1, -0.05) is 36.4 Å². The minimum absolute atomic E-state index is 0.0163. The molecule has 0 aliphatic rings. The Morgan fingerprint density at radius 3 is 2.63 bits per heavy atom. The summed E-state index contributed by atoms with van der Waals surface area (Å²) in [5.41, 5.74) is 2.56. The SMILES string of the molecule is CCN(Cc1ccccc1)C(=O)c1ccnc(Nc2cccc(OC)c2)c1. The van der Waals surface area contributed by atoms with Crippen molar-refractivity contribution in [2.75, 3.05) is 19.0 Å². The molecule has 27 heavy (non-hydrogen) atoms. The first kappa shape index (κ1) is 18.5. The maximum atomic E-state index is 12.9. The molecule has 0 radical (unpaired) electrons. The van der Waals surface area contributed by atoms with Crippen LogP contribution in [-0.4, -0.2) is 29.4 Å². The van der Waals surface area contributed by atoms with Crippen LogP contribution in [0.1, 0.15) is 22.8 Å². The maximum Gasteiger partial charge on any atom is 0.254 e. The molecule has 0 bridgehead atoms. The van der Waals surface area contributed by atoms with Crippen LogP contribution in [0.3, 0.4) is 0 Å². The fraction of sp³-hybridized carbons (Fsp3) is 0.182. The Labute approximate surface area is 159 Å². The highest BCUT2D eigenvalue weighted by Gasteiger charge is 2.15. The first-order valence-corrected chi connectivity index (χ1v) is 8.90. The van der Waals surface area contributed by atoms with Crippen molar-refractivity contribution < 1.29 is 9.53 Å². The highest BCUT2D eigenvalue weighted by molar-refractivity contribution is 5.95. The van der Waals surface area contributed by atoms with Crippen LogP contribution in [0, 0.1) is 0 Å². The Hall–Kier alpha value is -3.34. The minimum Gasteiger partial charge on any atom is -0.497 e. The third-order valence-corrected chi connectivity index (χ3v) is 4.23. The van der Waals surface area contributed by atoms with Crippen molar-refractivity contribution in [3.8, 4) is 5.75 Å². The summed E-state index contributed by atoms with van der Waals surface area (Å²) in [5, 5.41) is 3.22. The van der Waals surface area contributed by atoms with Gasteiger partial charge in [-0.3, -0.25) is 4.79 Å². The van der Waals surface area contributed by atoms with Crippen molar-refractivity contribution in [1.82, 2.24) is 9.88 Å². The first-order valence-electron chi connectivity index (χ1n) is 8.90. The van der Waals surface area contributed by atoms with Crippen LogP contribution in [0.5, 0.6) is 5.75 Å². The molecule has 5 nitrogen and oxygen atoms in total. The number of amides is 1. The Kier molecular flexibility index (Phi) is 6.05. The number of anilines is 2. The standard InChI is InChI=1S/C22H23N3O2/c1-3-25(16-17-8-5-4-6-9-17)22(26)18-12-13-23-21(14-18)24-19-10-7-11-20(15-19)27-2/h4-15H,3,16H2,1-2H3,(H,23,24). The lowest BCUT2D eigenvalue weighted by molar-refractivity contribution is 0.0752. The van der Waals surface area contributed by atoms with E-state index in [-0.39, 0.29) is 5.91 Å². The Morgan fingerprint density at radius 2 is 1.89 bits per heavy atom. The number of carbonyl (C=O) groups excluding carboxylic acids is 1. The topological polar surface area (TPSA) is 54.5 Å². The van der Waals surface area contributed by atoms with E-state index in [2.05, 4.69) is 10.3 Å². The van der Waals surface area contributed by atoms with E-state index in [1.807, 2.05) is 66.4 Å². The van der Waals surface area contributed by atoms with Crippen LogP contribution in [0.4, 0.5) is 11.5 Å². The average Bonchev–Trinajstić information content (AvgIpc) is 2.72. The summed E-state index contributed by atoms with van der Waals surface area (Å²) in [4.78, 5) is 19.1. The van der Waals surface area contributed by atoms with Gasteiger partial charge in [-0.2, -0.15) is 0 Å². The zero-order chi connectivity index (χ0) is 19.1. The van der Waals surface area contributed by atoms with Gasteiger partial charge in [0.05, 0.1) is 7.11 Å². The lowest BCUT2D eigenvalue weighted by Crippen LogP contribution is -2.30. The molecule has 1 amide bonds. The number of hydrogen-bond donors (Lipinski definition) is 1. The molecule has 0 saturated heterocycles. The highest BCUT2D eigenvalue weighted by Crippen LogP contribution is 2.21. The summed E-state index contributed by atoms with van der Waals surface area (Å²) in [7, 11) is 1.63. The molecule has 5 heteroatoms. The van der Waals surface area contributed by atoms with Gasteiger partial charge < -0.3 is 15.0 Å². The van der Waals surface area contributed by atoms with Crippen LogP contribution >= 0.6 is 0 Å². The van der Waals surface area contributed by atoms with E-state index in [0.717, 1.165) is 17.0 Å². The van der Waals surface area contributed by atoms with Gasteiger partial charge in [0.15, 0.2) is 0 Å². The Balaban J connectivity index is 1.76. The number of aromatic nitrogens is 1. The number of rotatable bonds is 7. The molecule has 3 aromatic rings. The number of methoxy groups -OCH3 is 1. The van der Waals surface area contributed by atoms with E-state index >= 15 is 0 Å². The smallest absolute Gasteiger partial charge is 0.254 e. The molecule has 0 aliphatic carbocycles. The van der Waals surface area contributed by atoms with Crippen LogP contribution in [0.25, 0.3) is 0 Å². The largest absolute Gasteiger partial charge is 0.497 e. The number of benzene rings is 2. The summed E-state index contributed by atoms with van der Waals surface area (Å²) < 4.78 is 5.24. The Morgan fingerprint density at radius 1 is 1.07 bits per heavy atom. The summed E-state index contributed by atoms with van der Waals surface area (Å²) in [6.07, 6.45) is 1.64. The molecule has 0 unspecified atom stereocenters. The molecule has 0 fully saturated rings. The second kappa shape index (κ2) is 8.85. The van der Waals surface area contributed by atoms with Crippen LogP contribution < -0.4 is 10.1 Å². The third-order valence-electron chi connectivity index (χ3n) is 4.23. The molecular formula is C22H23N3O2. The number of ether oxygens (including phenoxy) is 1. The molecule has 1 heterocycles. The third kappa shape index (κ3) is 4.85. The van der Waals surface area contributed by atoms with Gasteiger partial charge in [-0.25, -0.2) is 4.98 Å². The van der Waals surface area contributed by atoms with E-state index in [1.165, 1.54) is 0 Å². The molecule has 2 aromatic carbocycles. The van der Waals surface area contributed by atoms with Gasteiger partial charge in [0.2, 0.25) is 0 Å². The molecule has 138 valence electrons. The number of carbonyl (C=O) groups is 1. The van der Waals surface area contributed by atoms with Gasteiger partial charge in [-0.15, -0.1) is 0 Å². The predicted octanol–water partition coefficient (Wildman–Crippen LogP) is 4.50. The highest BCUT2D eigenvalue weighted by atomic mass is 16.5. The molecule has 0 saturated carbocycles. The monoisotopic (exact) mass is 361 g/mol. The number of pyridine rings is 1. The van der Waals surface area contributed by atoms with Gasteiger partial charge in [-0.05, 0) is 36.8 Å². The summed E-state index contributed by atoms with van der Waals surface area (Å²) in [6, 6.07) is 21.1. The van der Waals surface area contributed by atoms with Gasteiger partial charge in [0.25, 0.3) is 5.91 Å². The van der Waals surface area contributed by atoms with Crippen molar-refractivity contribution >= 4 is 17.4 Å².